The molecule has 1 aromatic carbocycles. The Labute approximate surface area is 104 Å². The van der Waals surface area contributed by atoms with Crippen LogP contribution in [0.2, 0.25) is 0 Å². The van der Waals surface area contributed by atoms with Crippen molar-refractivity contribution in [1.82, 2.24) is 9.97 Å². The van der Waals surface area contributed by atoms with E-state index in [4.69, 9.17) is 5.73 Å². The molecule has 0 amide bonds. The van der Waals surface area contributed by atoms with Gasteiger partial charge in [-0.05, 0) is 30.0 Å². The van der Waals surface area contributed by atoms with Gasteiger partial charge in [0.15, 0.2) is 0 Å². The maximum absolute atomic E-state index is 13.6. The Hall–Kier alpha value is -2.17. The third-order valence-electron chi connectivity index (χ3n) is 3.22. The molecule has 0 fully saturated rings. The number of nitrogens with one attached hydrogen (secondary N) is 1. The van der Waals surface area contributed by atoms with Crippen LogP contribution in [-0.4, -0.2) is 9.97 Å². The van der Waals surface area contributed by atoms with E-state index in [0.717, 1.165) is 24.0 Å². The molecule has 5 heteroatoms. The van der Waals surface area contributed by atoms with E-state index < -0.39 is 0 Å². The van der Waals surface area contributed by atoms with Gasteiger partial charge in [0, 0.05) is 6.07 Å². The van der Waals surface area contributed by atoms with Crippen molar-refractivity contribution in [1.29, 1.82) is 0 Å². The molecule has 0 saturated carbocycles. The van der Waals surface area contributed by atoms with Crippen molar-refractivity contribution in [2.45, 2.75) is 18.9 Å². The Bertz CT molecular complexity index is 585. The molecule has 1 aromatic heterocycles. The minimum atomic E-state index is -0.126. The van der Waals surface area contributed by atoms with Gasteiger partial charge in [-0.2, -0.15) is 0 Å². The van der Waals surface area contributed by atoms with E-state index in [2.05, 4.69) is 15.3 Å². The number of hydrogen-bond acceptors (Lipinski definition) is 4. The third-order valence-corrected chi connectivity index (χ3v) is 3.22. The van der Waals surface area contributed by atoms with E-state index in [1.54, 1.807) is 12.1 Å². The highest BCUT2D eigenvalue weighted by Gasteiger charge is 2.24. The largest absolute Gasteiger partial charge is 0.384 e. The second-order valence-electron chi connectivity index (χ2n) is 4.37. The molecule has 0 bridgehead atoms. The topological polar surface area (TPSA) is 63.8 Å². The molecule has 4 nitrogen and oxygen atoms in total. The standard InChI is InChI=1S/C13H13FN4/c14-10-3-1-2-9-8(10)4-5-11(9)18-13-6-12(15)16-7-17-13/h1-3,6-7,11H,4-5H2,(H3,15,16,17,18)/t11-/m0/s1. The molecule has 0 unspecified atom stereocenters. The molecule has 3 rings (SSSR count). The van der Waals surface area contributed by atoms with Crippen LogP contribution < -0.4 is 11.1 Å². The number of halogens is 1. The number of nitrogen functional groups attached to an aromatic ring is 1. The molecule has 1 heterocycles. The summed E-state index contributed by atoms with van der Waals surface area (Å²) in [5.41, 5.74) is 7.41. The minimum absolute atomic E-state index is 0.0880. The Balaban J connectivity index is 1.87. The van der Waals surface area contributed by atoms with Crippen molar-refractivity contribution in [3.05, 3.63) is 47.5 Å². The quantitative estimate of drug-likeness (QED) is 0.850. The monoisotopic (exact) mass is 244 g/mol. The number of aromatic nitrogens is 2. The van der Waals surface area contributed by atoms with Crippen LogP contribution in [0.1, 0.15) is 23.6 Å². The van der Waals surface area contributed by atoms with Gasteiger partial charge in [0.1, 0.15) is 23.8 Å². The second-order valence-corrected chi connectivity index (χ2v) is 4.37. The van der Waals surface area contributed by atoms with E-state index in [-0.39, 0.29) is 11.9 Å². The van der Waals surface area contributed by atoms with Gasteiger partial charge in [-0.3, -0.25) is 0 Å². The summed E-state index contributed by atoms with van der Waals surface area (Å²) in [6.07, 6.45) is 3.03. The molecule has 0 aliphatic heterocycles. The maximum Gasteiger partial charge on any atom is 0.131 e. The fourth-order valence-electron chi connectivity index (χ4n) is 2.39. The van der Waals surface area contributed by atoms with Crippen molar-refractivity contribution in [2.75, 3.05) is 11.1 Å². The Morgan fingerprint density at radius 3 is 3.06 bits per heavy atom. The predicted octanol–water partition coefficient (Wildman–Crippen LogP) is 2.30. The molecular weight excluding hydrogens is 231 g/mol. The number of anilines is 2. The summed E-state index contributed by atoms with van der Waals surface area (Å²) in [6, 6.07) is 6.96. The summed E-state index contributed by atoms with van der Waals surface area (Å²) in [4.78, 5) is 7.94. The first-order chi connectivity index (χ1) is 8.74. The molecule has 92 valence electrons. The average Bonchev–Trinajstić information content (AvgIpc) is 2.74. The van der Waals surface area contributed by atoms with Gasteiger partial charge >= 0.3 is 0 Å². The van der Waals surface area contributed by atoms with E-state index in [9.17, 15) is 4.39 Å². The van der Waals surface area contributed by atoms with Crippen molar-refractivity contribution in [2.24, 2.45) is 0 Å². The van der Waals surface area contributed by atoms with Gasteiger partial charge < -0.3 is 11.1 Å². The Morgan fingerprint density at radius 2 is 2.22 bits per heavy atom. The fourth-order valence-corrected chi connectivity index (χ4v) is 2.39. The van der Waals surface area contributed by atoms with Crippen molar-refractivity contribution < 1.29 is 4.39 Å². The first kappa shape index (κ1) is 11.0. The summed E-state index contributed by atoms with van der Waals surface area (Å²) in [7, 11) is 0. The fraction of sp³-hybridized carbons (Fsp3) is 0.231. The number of benzene rings is 1. The molecule has 18 heavy (non-hydrogen) atoms. The van der Waals surface area contributed by atoms with Gasteiger partial charge in [0.2, 0.25) is 0 Å². The molecule has 1 aliphatic carbocycles. The van der Waals surface area contributed by atoms with E-state index >= 15 is 0 Å². The van der Waals surface area contributed by atoms with Crippen molar-refractivity contribution in [3.8, 4) is 0 Å². The highest BCUT2D eigenvalue weighted by atomic mass is 19.1. The van der Waals surface area contributed by atoms with Crippen LogP contribution in [0.25, 0.3) is 0 Å². The molecule has 0 radical (unpaired) electrons. The lowest BCUT2D eigenvalue weighted by Gasteiger charge is -2.14. The van der Waals surface area contributed by atoms with Crippen LogP contribution in [0.5, 0.6) is 0 Å². The molecule has 1 atom stereocenters. The first-order valence-corrected chi connectivity index (χ1v) is 5.85. The van der Waals surface area contributed by atoms with Crippen molar-refractivity contribution >= 4 is 11.6 Å². The predicted molar refractivity (Wildman–Crippen MR) is 67.5 cm³/mol. The lowest BCUT2D eigenvalue weighted by Crippen LogP contribution is -2.09. The van der Waals surface area contributed by atoms with Crippen LogP contribution in [0.3, 0.4) is 0 Å². The van der Waals surface area contributed by atoms with E-state index in [1.807, 2.05) is 6.07 Å². The van der Waals surface area contributed by atoms with Crippen molar-refractivity contribution in [3.63, 3.8) is 0 Å². The summed E-state index contributed by atoms with van der Waals surface area (Å²) < 4.78 is 13.6. The number of nitrogens with zero attached hydrogens (tertiary/aromatic N) is 2. The number of nitrogens with two attached hydrogens (primary N) is 1. The molecule has 3 N–H and O–H groups in total. The first-order valence-electron chi connectivity index (χ1n) is 5.85. The normalized spacial score (nSPS) is 17.5. The second kappa shape index (κ2) is 4.25. The van der Waals surface area contributed by atoms with Gasteiger partial charge in [0.05, 0.1) is 6.04 Å². The number of fused-ring (bicyclic) bond motifs is 1. The maximum atomic E-state index is 13.6. The lowest BCUT2D eigenvalue weighted by atomic mass is 10.1. The Morgan fingerprint density at radius 1 is 1.33 bits per heavy atom. The summed E-state index contributed by atoms with van der Waals surface area (Å²) in [5, 5.41) is 3.27. The SMILES string of the molecule is Nc1cc(N[C@H]2CCc3c(F)cccc32)ncn1. The van der Waals surface area contributed by atoms with Gasteiger partial charge in [-0.15, -0.1) is 0 Å². The third kappa shape index (κ3) is 1.88. The van der Waals surface area contributed by atoms with Crippen LogP contribution in [0, 0.1) is 5.82 Å². The molecule has 2 aromatic rings. The average molecular weight is 244 g/mol. The summed E-state index contributed by atoms with van der Waals surface area (Å²) >= 11 is 0. The molecule has 0 saturated heterocycles. The van der Waals surface area contributed by atoms with E-state index in [0.29, 0.717) is 11.6 Å². The smallest absolute Gasteiger partial charge is 0.131 e. The molecular formula is C13H13FN4. The zero-order valence-corrected chi connectivity index (χ0v) is 9.73. The van der Waals surface area contributed by atoms with Crippen LogP contribution in [0.4, 0.5) is 16.0 Å². The Kier molecular flexibility index (Phi) is 2.59. The van der Waals surface area contributed by atoms with Gasteiger partial charge in [-0.1, -0.05) is 12.1 Å². The van der Waals surface area contributed by atoms with Gasteiger partial charge in [0.25, 0.3) is 0 Å². The summed E-state index contributed by atoms with van der Waals surface area (Å²) in [6.45, 7) is 0. The highest BCUT2D eigenvalue weighted by Crippen LogP contribution is 2.34. The molecule has 1 aliphatic rings. The van der Waals surface area contributed by atoms with Crippen LogP contribution in [-0.2, 0) is 6.42 Å². The zero-order valence-electron chi connectivity index (χ0n) is 9.73. The van der Waals surface area contributed by atoms with Gasteiger partial charge in [-0.25, -0.2) is 14.4 Å². The van der Waals surface area contributed by atoms with Crippen LogP contribution in [0.15, 0.2) is 30.6 Å². The van der Waals surface area contributed by atoms with E-state index in [1.165, 1.54) is 12.4 Å². The minimum Gasteiger partial charge on any atom is -0.384 e. The molecule has 0 spiro atoms. The lowest BCUT2D eigenvalue weighted by molar-refractivity contribution is 0.612. The summed E-state index contributed by atoms with van der Waals surface area (Å²) in [5.74, 6) is 0.966. The zero-order chi connectivity index (χ0) is 12.5. The highest BCUT2D eigenvalue weighted by molar-refractivity contribution is 5.47. The number of rotatable bonds is 2. The van der Waals surface area contributed by atoms with Crippen LogP contribution >= 0.6 is 0 Å². The number of hydrogen-bond donors (Lipinski definition) is 2.